The van der Waals surface area contributed by atoms with Crippen LogP contribution in [-0.4, -0.2) is 30.2 Å². The molecule has 3 aromatic rings. The molecule has 5 heteroatoms. The van der Waals surface area contributed by atoms with E-state index in [1.165, 1.54) is 0 Å². The molecule has 1 heterocycles. The molecule has 27 heavy (non-hydrogen) atoms. The van der Waals surface area contributed by atoms with Crippen LogP contribution in [0.25, 0.3) is 11.3 Å². The predicted octanol–water partition coefficient (Wildman–Crippen LogP) is 4.63. The smallest absolute Gasteiger partial charge is 0.225 e. The Bertz CT molecular complexity index is 852. The lowest BCUT2D eigenvalue weighted by Gasteiger charge is -2.12. The summed E-state index contributed by atoms with van der Waals surface area (Å²) in [6, 6.07) is 20.2. The summed E-state index contributed by atoms with van der Waals surface area (Å²) in [7, 11) is 1.70. The van der Waals surface area contributed by atoms with Crippen molar-refractivity contribution >= 4 is 11.8 Å². The van der Waals surface area contributed by atoms with E-state index in [2.05, 4.69) is 40.7 Å². The number of aromatic nitrogens is 2. The van der Waals surface area contributed by atoms with Crippen molar-refractivity contribution in [3.63, 3.8) is 0 Å². The molecule has 1 aromatic heterocycles. The molecule has 0 aliphatic rings. The highest BCUT2D eigenvalue weighted by molar-refractivity contribution is 5.64. The number of hydrogen-bond acceptors (Lipinski definition) is 5. The number of methoxy groups -OCH3 is 1. The molecule has 0 bridgehead atoms. The third-order valence-corrected chi connectivity index (χ3v) is 4.22. The van der Waals surface area contributed by atoms with Crippen LogP contribution in [0.4, 0.5) is 11.8 Å². The summed E-state index contributed by atoms with van der Waals surface area (Å²) in [5.74, 6) is 2.37. The minimum absolute atomic E-state index is 0.629. The Balaban J connectivity index is 1.75. The van der Waals surface area contributed by atoms with Gasteiger partial charge in [-0.2, -0.15) is 4.98 Å². The summed E-state index contributed by atoms with van der Waals surface area (Å²) < 4.78 is 5.42. The van der Waals surface area contributed by atoms with E-state index < -0.39 is 0 Å². The summed E-state index contributed by atoms with van der Waals surface area (Å²) in [6.45, 7) is 3.75. The summed E-state index contributed by atoms with van der Waals surface area (Å²) in [5, 5.41) is 6.71. The van der Waals surface area contributed by atoms with E-state index in [0.29, 0.717) is 5.95 Å². The maximum atomic E-state index is 5.42. The van der Waals surface area contributed by atoms with Crippen LogP contribution < -0.4 is 15.4 Å². The second-order valence-corrected chi connectivity index (χ2v) is 6.24. The number of ether oxygens (including phenoxy) is 1. The molecule has 0 radical (unpaired) electrons. The van der Waals surface area contributed by atoms with Gasteiger partial charge in [0, 0.05) is 24.7 Å². The molecule has 0 fully saturated rings. The van der Waals surface area contributed by atoms with Crippen LogP contribution in [0.1, 0.15) is 18.9 Å². The zero-order chi connectivity index (χ0) is 18.9. The topological polar surface area (TPSA) is 59.1 Å². The van der Waals surface area contributed by atoms with Crippen molar-refractivity contribution in [3.8, 4) is 17.0 Å². The molecule has 0 amide bonds. The summed E-state index contributed by atoms with van der Waals surface area (Å²) >= 11 is 0. The first-order valence-corrected chi connectivity index (χ1v) is 9.34. The van der Waals surface area contributed by atoms with Gasteiger partial charge in [-0.25, -0.2) is 4.98 Å². The first-order chi connectivity index (χ1) is 13.3. The number of benzene rings is 2. The van der Waals surface area contributed by atoms with Gasteiger partial charge in [-0.1, -0.05) is 55.5 Å². The fourth-order valence-corrected chi connectivity index (χ4v) is 2.85. The Hall–Kier alpha value is -3.08. The highest BCUT2D eigenvalue weighted by atomic mass is 16.5. The van der Waals surface area contributed by atoms with Crippen LogP contribution in [0.5, 0.6) is 5.75 Å². The highest BCUT2D eigenvalue weighted by Crippen LogP contribution is 2.22. The molecule has 0 saturated carbocycles. The molecule has 140 valence electrons. The van der Waals surface area contributed by atoms with Crippen molar-refractivity contribution in [2.24, 2.45) is 0 Å². The molecule has 0 spiro atoms. The fourth-order valence-electron chi connectivity index (χ4n) is 2.85. The molecule has 3 rings (SSSR count). The van der Waals surface area contributed by atoms with Crippen molar-refractivity contribution in [1.29, 1.82) is 0 Å². The Kier molecular flexibility index (Phi) is 6.63. The zero-order valence-corrected chi connectivity index (χ0v) is 15.9. The lowest BCUT2D eigenvalue weighted by atomic mass is 10.1. The Morgan fingerprint density at radius 1 is 0.889 bits per heavy atom. The van der Waals surface area contributed by atoms with Gasteiger partial charge in [0.1, 0.15) is 11.6 Å². The molecule has 0 atom stereocenters. The molecule has 0 aliphatic carbocycles. The van der Waals surface area contributed by atoms with Gasteiger partial charge < -0.3 is 15.4 Å². The number of para-hydroxylation sites is 1. The zero-order valence-electron chi connectivity index (χ0n) is 15.9. The molecule has 0 saturated heterocycles. The maximum Gasteiger partial charge on any atom is 0.225 e. The van der Waals surface area contributed by atoms with E-state index in [9.17, 15) is 0 Å². The number of hydrogen-bond donors (Lipinski definition) is 2. The molecule has 2 N–H and O–H groups in total. The number of rotatable bonds is 9. The van der Waals surface area contributed by atoms with Crippen LogP contribution in [0, 0.1) is 0 Å². The van der Waals surface area contributed by atoms with Crippen molar-refractivity contribution in [2.45, 2.75) is 19.8 Å². The molecule has 0 aliphatic heterocycles. The lowest BCUT2D eigenvalue weighted by Crippen LogP contribution is -2.11. The van der Waals surface area contributed by atoms with Gasteiger partial charge in [0.05, 0.1) is 12.8 Å². The van der Waals surface area contributed by atoms with E-state index in [1.54, 1.807) is 7.11 Å². The molecule has 2 aromatic carbocycles. The molecule has 0 unspecified atom stereocenters. The Morgan fingerprint density at radius 3 is 2.44 bits per heavy atom. The number of nitrogens with zero attached hydrogens (tertiary/aromatic N) is 2. The number of anilines is 2. The summed E-state index contributed by atoms with van der Waals surface area (Å²) in [5.41, 5.74) is 3.15. The van der Waals surface area contributed by atoms with E-state index in [-0.39, 0.29) is 0 Å². The van der Waals surface area contributed by atoms with Crippen LogP contribution in [0.3, 0.4) is 0 Å². The van der Waals surface area contributed by atoms with Crippen LogP contribution in [-0.2, 0) is 6.42 Å². The quantitative estimate of drug-likeness (QED) is 0.581. The van der Waals surface area contributed by atoms with Crippen LogP contribution >= 0.6 is 0 Å². The van der Waals surface area contributed by atoms with E-state index in [1.807, 2.05) is 42.5 Å². The average Bonchev–Trinajstić information content (AvgIpc) is 2.73. The minimum atomic E-state index is 0.629. The normalized spacial score (nSPS) is 10.4. The van der Waals surface area contributed by atoms with Gasteiger partial charge in [0.15, 0.2) is 0 Å². The maximum absolute atomic E-state index is 5.42. The predicted molar refractivity (Wildman–Crippen MR) is 111 cm³/mol. The summed E-state index contributed by atoms with van der Waals surface area (Å²) in [4.78, 5) is 9.30. The summed E-state index contributed by atoms with van der Waals surface area (Å²) in [6.07, 6.45) is 1.88. The minimum Gasteiger partial charge on any atom is -0.496 e. The van der Waals surface area contributed by atoms with Gasteiger partial charge in [0.25, 0.3) is 0 Å². The number of nitrogens with one attached hydrogen (secondary N) is 2. The second kappa shape index (κ2) is 9.57. The third-order valence-electron chi connectivity index (χ3n) is 4.22. The SMILES string of the molecule is CCCNc1cc(-c2ccccc2)nc(NCCc2ccccc2OC)n1. The average molecular weight is 362 g/mol. The Morgan fingerprint density at radius 2 is 1.67 bits per heavy atom. The first-order valence-electron chi connectivity index (χ1n) is 9.34. The van der Waals surface area contributed by atoms with Crippen molar-refractivity contribution in [3.05, 3.63) is 66.2 Å². The Labute approximate surface area is 160 Å². The van der Waals surface area contributed by atoms with Crippen LogP contribution in [0.15, 0.2) is 60.7 Å². The van der Waals surface area contributed by atoms with Gasteiger partial charge in [-0.3, -0.25) is 0 Å². The van der Waals surface area contributed by atoms with Gasteiger partial charge in [0.2, 0.25) is 5.95 Å². The second-order valence-electron chi connectivity index (χ2n) is 6.24. The van der Waals surface area contributed by atoms with Crippen molar-refractivity contribution < 1.29 is 4.74 Å². The van der Waals surface area contributed by atoms with E-state index >= 15 is 0 Å². The lowest BCUT2D eigenvalue weighted by molar-refractivity contribution is 0.410. The monoisotopic (exact) mass is 362 g/mol. The first kappa shape index (κ1) is 18.7. The largest absolute Gasteiger partial charge is 0.496 e. The van der Waals surface area contributed by atoms with Crippen LogP contribution in [0.2, 0.25) is 0 Å². The van der Waals surface area contributed by atoms with Crippen molar-refractivity contribution in [2.75, 3.05) is 30.8 Å². The van der Waals surface area contributed by atoms with Gasteiger partial charge in [-0.05, 0) is 24.5 Å². The molecular formula is C22H26N4O. The highest BCUT2D eigenvalue weighted by Gasteiger charge is 2.07. The van der Waals surface area contributed by atoms with E-state index in [4.69, 9.17) is 9.72 Å². The van der Waals surface area contributed by atoms with E-state index in [0.717, 1.165) is 54.3 Å². The molecular weight excluding hydrogens is 336 g/mol. The fraction of sp³-hybridized carbons (Fsp3) is 0.273. The van der Waals surface area contributed by atoms with Crippen molar-refractivity contribution in [1.82, 2.24) is 9.97 Å². The third kappa shape index (κ3) is 5.20. The van der Waals surface area contributed by atoms with Gasteiger partial charge in [-0.15, -0.1) is 0 Å². The van der Waals surface area contributed by atoms with Gasteiger partial charge >= 0.3 is 0 Å². The molecule has 5 nitrogen and oxygen atoms in total. The standard InChI is InChI=1S/C22H26N4O/c1-3-14-23-21-16-19(17-9-5-4-6-10-17)25-22(26-21)24-15-13-18-11-7-8-12-20(18)27-2/h4-12,16H,3,13-15H2,1-2H3,(H2,23,24,25,26).